The maximum atomic E-state index is 10.2. The van der Waals surface area contributed by atoms with Gasteiger partial charge < -0.3 is 10.4 Å². The Bertz CT molecular complexity index is 371. The molecule has 0 bridgehead atoms. The van der Waals surface area contributed by atoms with Crippen LogP contribution in [0.4, 0.5) is 0 Å². The summed E-state index contributed by atoms with van der Waals surface area (Å²) in [6.45, 7) is 5.12. The summed E-state index contributed by atoms with van der Waals surface area (Å²) in [5, 5.41) is 13.6. The summed E-state index contributed by atoms with van der Waals surface area (Å²) in [7, 11) is 0. The molecule has 0 aliphatic carbocycles. The summed E-state index contributed by atoms with van der Waals surface area (Å²) in [6, 6.07) is 8.99. The summed E-state index contributed by atoms with van der Waals surface area (Å²) < 4.78 is 0. The average Bonchev–Trinajstić information content (AvgIpc) is 2.89. The van der Waals surface area contributed by atoms with Gasteiger partial charge in [0.1, 0.15) is 0 Å². The normalized spacial score (nSPS) is 20.9. The second-order valence-electron chi connectivity index (χ2n) is 5.82. The van der Waals surface area contributed by atoms with Gasteiger partial charge in [0, 0.05) is 18.3 Å². The van der Waals surface area contributed by atoms with Gasteiger partial charge in [0.05, 0.1) is 6.10 Å². The second kappa shape index (κ2) is 7.32. The largest absolute Gasteiger partial charge is 0.387 e. The van der Waals surface area contributed by atoms with Gasteiger partial charge in [-0.25, -0.2) is 0 Å². The number of thioether (sulfide) groups is 1. The van der Waals surface area contributed by atoms with Gasteiger partial charge in [0.15, 0.2) is 0 Å². The van der Waals surface area contributed by atoms with Crippen molar-refractivity contribution in [2.45, 2.75) is 38.8 Å². The predicted octanol–water partition coefficient (Wildman–Crippen LogP) is 3.01. The molecule has 1 saturated heterocycles. The van der Waals surface area contributed by atoms with Gasteiger partial charge in [-0.2, -0.15) is 11.8 Å². The van der Waals surface area contributed by atoms with E-state index in [0.29, 0.717) is 18.5 Å². The van der Waals surface area contributed by atoms with Crippen LogP contribution in [0.5, 0.6) is 0 Å². The first kappa shape index (κ1) is 14.9. The molecule has 1 aromatic rings. The van der Waals surface area contributed by atoms with E-state index in [1.165, 1.54) is 23.5 Å². The minimum atomic E-state index is -0.390. The molecule has 2 N–H and O–H groups in total. The molecule has 2 nitrogen and oxygen atoms in total. The highest BCUT2D eigenvalue weighted by Gasteiger charge is 2.16. The quantitative estimate of drug-likeness (QED) is 0.839. The third-order valence-electron chi connectivity index (χ3n) is 3.54. The molecule has 0 saturated carbocycles. The number of hydrogen-bond acceptors (Lipinski definition) is 3. The van der Waals surface area contributed by atoms with Crippen LogP contribution < -0.4 is 5.32 Å². The third-order valence-corrected chi connectivity index (χ3v) is 4.70. The summed E-state index contributed by atoms with van der Waals surface area (Å²) in [5.74, 6) is 3.11. The van der Waals surface area contributed by atoms with E-state index in [2.05, 4.69) is 43.4 Å². The number of hydrogen-bond donors (Lipinski definition) is 2. The maximum absolute atomic E-state index is 10.2. The molecule has 0 radical (unpaired) electrons. The van der Waals surface area contributed by atoms with Gasteiger partial charge >= 0.3 is 0 Å². The zero-order valence-corrected chi connectivity index (χ0v) is 12.7. The molecule has 1 aromatic carbocycles. The van der Waals surface area contributed by atoms with Crippen molar-refractivity contribution in [2.24, 2.45) is 5.92 Å². The lowest BCUT2D eigenvalue weighted by molar-refractivity contribution is 0.171. The molecule has 106 valence electrons. The van der Waals surface area contributed by atoms with Gasteiger partial charge in [-0.15, -0.1) is 0 Å². The van der Waals surface area contributed by atoms with Gasteiger partial charge in [-0.3, -0.25) is 0 Å². The standard InChI is InChI=1S/C16H25NOS/c1-12(2)9-13-3-5-14(6-4-13)16(18)10-17-15-7-8-19-11-15/h3-6,12,15-18H,7-11H2,1-2H3. The van der Waals surface area contributed by atoms with Gasteiger partial charge in [0.2, 0.25) is 0 Å². The fourth-order valence-electron chi connectivity index (χ4n) is 2.44. The van der Waals surface area contributed by atoms with E-state index >= 15 is 0 Å². The number of rotatable bonds is 6. The van der Waals surface area contributed by atoms with Crippen LogP contribution in [-0.2, 0) is 6.42 Å². The molecule has 0 spiro atoms. The lowest BCUT2D eigenvalue weighted by Crippen LogP contribution is -2.32. The number of nitrogens with one attached hydrogen (secondary N) is 1. The monoisotopic (exact) mass is 279 g/mol. The van der Waals surface area contributed by atoms with Crippen LogP contribution in [0.1, 0.15) is 37.5 Å². The van der Waals surface area contributed by atoms with Crippen molar-refractivity contribution in [2.75, 3.05) is 18.1 Å². The Hall–Kier alpha value is -0.510. The Labute approximate surface area is 121 Å². The summed E-state index contributed by atoms with van der Waals surface area (Å²) in [4.78, 5) is 0. The topological polar surface area (TPSA) is 32.3 Å². The van der Waals surface area contributed by atoms with Gasteiger partial charge in [0.25, 0.3) is 0 Å². The van der Waals surface area contributed by atoms with Crippen molar-refractivity contribution in [1.29, 1.82) is 0 Å². The molecule has 0 amide bonds. The fraction of sp³-hybridized carbons (Fsp3) is 0.625. The van der Waals surface area contributed by atoms with Crippen LogP contribution in [0.15, 0.2) is 24.3 Å². The molecular weight excluding hydrogens is 254 g/mol. The second-order valence-corrected chi connectivity index (χ2v) is 6.97. The van der Waals surface area contributed by atoms with Crippen molar-refractivity contribution >= 4 is 11.8 Å². The van der Waals surface area contributed by atoms with E-state index in [1.807, 2.05) is 11.8 Å². The Morgan fingerprint density at radius 2 is 2.05 bits per heavy atom. The molecule has 1 fully saturated rings. The molecule has 2 rings (SSSR count). The van der Waals surface area contributed by atoms with Crippen molar-refractivity contribution in [3.8, 4) is 0 Å². The molecule has 1 aliphatic rings. The Morgan fingerprint density at radius 3 is 2.63 bits per heavy atom. The van der Waals surface area contributed by atoms with E-state index in [9.17, 15) is 5.11 Å². The van der Waals surface area contributed by atoms with E-state index in [4.69, 9.17) is 0 Å². The summed E-state index contributed by atoms with van der Waals surface area (Å²) in [5.41, 5.74) is 2.37. The smallest absolute Gasteiger partial charge is 0.0914 e. The van der Waals surface area contributed by atoms with E-state index in [1.54, 1.807) is 0 Å². The highest BCUT2D eigenvalue weighted by Crippen LogP contribution is 2.19. The molecule has 0 aromatic heterocycles. The lowest BCUT2D eigenvalue weighted by atomic mass is 10.00. The highest BCUT2D eigenvalue weighted by molar-refractivity contribution is 7.99. The molecular formula is C16H25NOS. The molecule has 1 heterocycles. The van der Waals surface area contributed by atoms with Crippen LogP contribution in [0, 0.1) is 5.92 Å². The Morgan fingerprint density at radius 1 is 1.32 bits per heavy atom. The van der Waals surface area contributed by atoms with Crippen molar-refractivity contribution in [3.05, 3.63) is 35.4 Å². The average molecular weight is 279 g/mol. The fourth-order valence-corrected chi connectivity index (χ4v) is 3.63. The first-order chi connectivity index (χ1) is 9.15. The van der Waals surface area contributed by atoms with Crippen LogP contribution in [0.2, 0.25) is 0 Å². The Kier molecular flexibility index (Phi) is 5.74. The molecule has 2 unspecified atom stereocenters. The van der Waals surface area contributed by atoms with Gasteiger partial charge in [-0.05, 0) is 35.6 Å². The van der Waals surface area contributed by atoms with E-state index in [-0.39, 0.29) is 0 Å². The zero-order chi connectivity index (χ0) is 13.7. The maximum Gasteiger partial charge on any atom is 0.0914 e. The van der Waals surface area contributed by atoms with Crippen molar-refractivity contribution in [1.82, 2.24) is 5.32 Å². The molecule has 1 aliphatic heterocycles. The molecule has 2 atom stereocenters. The molecule has 3 heteroatoms. The van der Waals surface area contributed by atoms with Crippen molar-refractivity contribution < 1.29 is 5.11 Å². The number of aliphatic hydroxyl groups excluding tert-OH is 1. The minimum Gasteiger partial charge on any atom is -0.387 e. The summed E-state index contributed by atoms with van der Waals surface area (Å²) >= 11 is 1.99. The van der Waals surface area contributed by atoms with Gasteiger partial charge in [-0.1, -0.05) is 38.1 Å². The third kappa shape index (κ3) is 4.83. The highest BCUT2D eigenvalue weighted by atomic mass is 32.2. The summed E-state index contributed by atoms with van der Waals surface area (Å²) in [6.07, 6.45) is 1.94. The minimum absolute atomic E-state index is 0.390. The van der Waals surface area contributed by atoms with Crippen LogP contribution >= 0.6 is 11.8 Å². The van der Waals surface area contributed by atoms with Crippen LogP contribution in [-0.4, -0.2) is 29.2 Å². The zero-order valence-electron chi connectivity index (χ0n) is 11.9. The SMILES string of the molecule is CC(C)Cc1ccc(C(O)CNC2CCSC2)cc1. The molecule has 19 heavy (non-hydrogen) atoms. The van der Waals surface area contributed by atoms with Crippen LogP contribution in [0.25, 0.3) is 0 Å². The predicted molar refractivity (Wildman–Crippen MR) is 83.7 cm³/mol. The van der Waals surface area contributed by atoms with Crippen molar-refractivity contribution in [3.63, 3.8) is 0 Å². The van der Waals surface area contributed by atoms with E-state index in [0.717, 1.165) is 12.0 Å². The first-order valence-corrected chi connectivity index (χ1v) is 8.38. The van der Waals surface area contributed by atoms with E-state index < -0.39 is 6.10 Å². The lowest BCUT2D eigenvalue weighted by Gasteiger charge is -2.16. The number of aliphatic hydroxyl groups is 1. The first-order valence-electron chi connectivity index (χ1n) is 7.23. The van der Waals surface area contributed by atoms with Crippen LogP contribution in [0.3, 0.4) is 0 Å². The Balaban J connectivity index is 1.82. The number of benzene rings is 1.